The Morgan fingerprint density at radius 3 is 1.88 bits per heavy atom. The molecular weight excluding hydrogens is 614 g/mol. The van der Waals surface area contributed by atoms with E-state index < -0.39 is 12.1 Å². The smallest absolute Gasteiger partial charge is 0.254 e. The van der Waals surface area contributed by atoms with Gasteiger partial charge in [0.2, 0.25) is 17.7 Å². The fourth-order valence-corrected chi connectivity index (χ4v) is 6.59. The molecule has 9 nitrogen and oxygen atoms in total. The summed E-state index contributed by atoms with van der Waals surface area (Å²) >= 11 is 0. The molecule has 0 saturated carbocycles. The van der Waals surface area contributed by atoms with Crippen molar-refractivity contribution < 1.29 is 19.2 Å². The van der Waals surface area contributed by atoms with Gasteiger partial charge in [0.05, 0.1) is 6.42 Å². The van der Waals surface area contributed by atoms with Gasteiger partial charge in [-0.2, -0.15) is 0 Å². The number of carbonyl (C=O) groups is 4. The molecule has 1 aromatic heterocycles. The first-order chi connectivity index (χ1) is 23.9. The van der Waals surface area contributed by atoms with Crippen LogP contribution in [0.1, 0.15) is 65.2 Å². The van der Waals surface area contributed by atoms with Crippen molar-refractivity contribution >= 4 is 47.2 Å². The highest BCUT2D eigenvalue weighted by atomic mass is 16.2. The predicted molar refractivity (Wildman–Crippen MR) is 192 cm³/mol. The Bertz CT molecular complexity index is 1820. The van der Waals surface area contributed by atoms with E-state index in [-0.39, 0.29) is 30.0 Å². The van der Waals surface area contributed by atoms with Crippen LogP contribution in [0.25, 0.3) is 12.2 Å². The van der Waals surface area contributed by atoms with Gasteiger partial charge in [-0.3, -0.25) is 24.2 Å². The molecule has 2 aliphatic rings. The van der Waals surface area contributed by atoms with Gasteiger partial charge in [0.15, 0.2) is 0 Å². The summed E-state index contributed by atoms with van der Waals surface area (Å²) in [6.45, 7) is 3.17. The molecule has 49 heavy (non-hydrogen) atoms. The molecule has 0 aliphatic carbocycles. The first-order valence-corrected chi connectivity index (χ1v) is 17.0. The second kappa shape index (κ2) is 15.6. The molecule has 4 amide bonds. The lowest BCUT2D eigenvalue weighted by molar-refractivity contribution is -0.136. The van der Waals surface area contributed by atoms with E-state index in [0.29, 0.717) is 42.9 Å². The van der Waals surface area contributed by atoms with E-state index in [4.69, 9.17) is 0 Å². The van der Waals surface area contributed by atoms with Gasteiger partial charge in [0.25, 0.3) is 5.91 Å². The summed E-state index contributed by atoms with van der Waals surface area (Å²) in [5.41, 5.74) is 5.76. The Labute approximate surface area is 287 Å². The lowest BCUT2D eigenvalue weighted by Crippen LogP contribution is -2.43. The third kappa shape index (κ3) is 8.12. The summed E-state index contributed by atoms with van der Waals surface area (Å²) in [5.74, 6) is -0.507. The number of pyridine rings is 1. The second-order valence-corrected chi connectivity index (χ2v) is 12.5. The number of nitrogens with one attached hydrogen (secondary N) is 2. The zero-order chi connectivity index (χ0) is 34.2. The molecule has 2 atom stereocenters. The van der Waals surface area contributed by atoms with Crippen LogP contribution in [0.4, 0.5) is 11.4 Å². The van der Waals surface area contributed by atoms with Crippen LogP contribution in [0.2, 0.25) is 0 Å². The maximum atomic E-state index is 13.3. The number of likely N-dealkylation sites (tertiary alicyclic amines) is 2. The van der Waals surface area contributed by atoms with Crippen LogP contribution >= 0.6 is 0 Å². The van der Waals surface area contributed by atoms with Crippen molar-refractivity contribution in [1.29, 1.82) is 0 Å². The van der Waals surface area contributed by atoms with Gasteiger partial charge in [-0.05, 0) is 90.8 Å². The Balaban J connectivity index is 1.00. The molecular formula is C40H41N5O4. The van der Waals surface area contributed by atoms with Gasteiger partial charge in [-0.1, -0.05) is 67.6 Å². The molecule has 2 aliphatic heterocycles. The average molecular weight is 656 g/mol. The Kier molecular flexibility index (Phi) is 10.6. The number of benzene rings is 3. The standard InChI is InChI=1S/C40H41N5O4/c1-2-31-9-3-4-10-34(31)40(49)45-25-7-12-36(45)39(48)43-33-21-17-29(18-22-33)14-13-28-15-19-32(20-16-28)42-38(47)35-11-6-24-44(35)37(46)26-30-8-5-23-41-27-30/h3-5,8-10,13-23,27,35-36H,2,6-7,11-12,24-26H2,1H3,(H,42,47)(H,43,48)/b14-13+/t35-,36-/m0/s1. The van der Waals surface area contributed by atoms with Crippen LogP contribution in [-0.4, -0.2) is 63.6 Å². The number of hydrogen-bond donors (Lipinski definition) is 2. The number of aryl methyl sites for hydroxylation is 1. The molecule has 0 bridgehead atoms. The van der Waals surface area contributed by atoms with Gasteiger partial charge in [0, 0.05) is 42.4 Å². The van der Waals surface area contributed by atoms with E-state index in [9.17, 15) is 19.2 Å². The van der Waals surface area contributed by atoms with Crippen molar-refractivity contribution in [3.05, 3.63) is 125 Å². The molecule has 0 spiro atoms. The summed E-state index contributed by atoms with van der Waals surface area (Å²) in [5, 5.41) is 5.97. The number of carbonyl (C=O) groups excluding carboxylic acids is 4. The van der Waals surface area contributed by atoms with Crippen LogP contribution in [0.3, 0.4) is 0 Å². The molecule has 2 saturated heterocycles. The third-order valence-corrected chi connectivity index (χ3v) is 9.22. The number of anilines is 2. The van der Waals surface area contributed by atoms with Crippen molar-refractivity contribution in [3.8, 4) is 0 Å². The minimum Gasteiger partial charge on any atom is -0.330 e. The lowest BCUT2D eigenvalue weighted by Gasteiger charge is -2.25. The van der Waals surface area contributed by atoms with Crippen LogP contribution in [0.5, 0.6) is 0 Å². The molecule has 3 aromatic carbocycles. The largest absolute Gasteiger partial charge is 0.330 e. The van der Waals surface area contributed by atoms with E-state index in [1.165, 1.54) is 0 Å². The summed E-state index contributed by atoms with van der Waals surface area (Å²) in [7, 11) is 0. The van der Waals surface area contributed by atoms with Crippen molar-refractivity contribution in [3.63, 3.8) is 0 Å². The normalized spacial score (nSPS) is 17.3. The van der Waals surface area contributed by atoms with Gasteiger partial charge in [-0.15, -0.1) is 0 Å². The topological polar surface area (TPSA) is 112 Å². The molecule has 2 fully saturated rings. The number of hydrogen-bond acceptors (Lipinski definition) is 5. The van der Waals surface area contributed by atoms with Gasteiger partial charge in [-0.25, -0.2) is 0 Å². The van der Waals surface area contributed by atoms with Crippen molar-refractivity contribution in [2.45, 2.75) is 57.5 Å². The van der Waals surface area contributed by atoms with E-state index in [1.807, 2.05) is 97.9 Å². The minimum absolute atomic E-state index is 0.0669. The summed E-state index contributed by atoms with van der Waals surface area (Å²) in [4.78, 5) is 60.0. The van der Waals surface area contributed by atoms with Crippen LogP contribution in [0, 0.1) is 0 Å². The fourth-order valence-electron chi connectivity index (χ4n) is 6.59. The van der Waals surface area contributed by atoms with E-state index in [1.54, 1.807) is 28.3 Å². The Morgan fingerprint density at radius 2 is 1.31 bits per heavy atom. The highest BCUT2D eigenvalue weighted by molar-refractivity contribution is 6.02. The summed E-state index contributed by atoms with van der Waals surface area (Å²) in [6.07, 6.45) is 11.2. The Hall–Kier alpha value is -5.57. The number of rotatable bonds is 10. The molecule has 2 N–H and O–H groups in total. The van der Waals surface area contributed by atoms with Crippen molar-refractivity contribution in [2.75, 3.05) is 23.7 Å². The van der Waals surface area contributed by atoms with Crippen molar-refractivity contribution in [2.24, 2.45) is 0 Å². The molecule has 250 valence electrons. The minimum atomic E-state index is -0.498. The maximum absolute atomic E-state index is 13.3. The average Bonchev–Trinajstić information content (AvgIpc) is 3.83. The predicted octanol–water partition coefficient (Wildman–Crippen LogP) is 6.23. The quantitative estimate of drug-likeness (QED) is 0.197. The van der Waals surface area contributed by atoms with Gasteiger partial charge < -0.3 is 20.4 Å². The Morgan fingerprint density at radius 1 is 0.735 bits per heavy atom. The zero-order valence-electron chi connectivity index (χ0n) is 27.7. The van der Waals surface area contributed by atoms with Crippen LogP contribution in [-0.2, 0) is 27.2 Å². The van der Waals surface area contributed by atoms with Gasteiger partial charge >= 0.3 is 0 Å². The monoisotopic (exact) mass is 655 g/mol. The molecule has 9 heteroatoms. The molecule has 4 aromatic rings. The molecule has 3 heterocycles. The number of nitrogens with zero attached hydrogens (tertiary/aromatic N) is 3. The van der Waals surface area contributed by atoms with E-state index in [0.717, 1.165) is 41.5 Å². The van der Waals surface area contributed by atoms with E-state index >= 15 is 0 Å². The summed E-state index contributed by atoms with van der Waals surface area (Å²) in [6, 6.07) is 25.4. The lowest BCUT2D eigenvalue weighted by atomic mass is 10.0. The second-order valence-electron chi connectivity index (χ2n) is 12.5. The first-order valence-electron chi connectivity index (χ1n) is 17.0. The van der Waals surface area contributed by atoms with Crippen LogP contribution < -0.4 is 10.6 Å². The maximum Gasteiger partial charge on any atom is 0.254 e. The third-order valence-electron chi connectivity index (χ3n) is 9.22. The fraction of sp³-hybridized carbons (Fsp3) is 0.275. The van der Waals surface area contributed by atoms with Crippen molar-refractivity contribution in [1.82, 2.24) is 14.8 Å². The number of aromatic nitrogens is 1. The molecule has 0 radical (unpaired) electrons. The highest BCUT2D eigenvalue weighted by Crippen LogP contribution is 2.25. The number of amides is 4. The van der Waals surface area contributed by atoms with Gasteiger partial charge in [0.1, 0.15) is 12.1 Å². The highest BCUT2D eigenvalue weighted by Gasteiger charge is 2.35. The molecule has 0 unspecified atom stereocenters. The SMILES string of the molecule is CCc1ccccc1C(=O)N1CCC[C@H]1C(=O)Nc1ccc(/C=C/c2ccc(NC(=O)[C@@H]3CCCN3C(=O)Cc3cccnc3)cc2)cc1. The zero-order valence-corrected chi connectivity index (χ0v) is 27.7. The summed E-state index contributed by atoms with van der Waals surface area (Å²) < 4.78 is 0. The van der Waals surface area contributed by atoms with E-state index in [2.05, 4.69) is 15.6 Å². The van der Waals surface area contributed by atoms with Crippen LogP contribution in [0.15, 0.2) is 97.3 Å². The first kappa shape index (κ1) is 33.3. The molecule has 6 rings (SSSR count).